The summed E-state index contributed by atoms with van der Waals surface area (Å²) in [5.41, 5.74) is 0.377. The maximum absolute atomic E-state index is 13.3. The summed E-state index contributed by atoms with van der Waals surface area (Å²) in [7, 11) is -2.42. The van der Waals surface area contributed by atoms with Crippen molar-refractivity contribution in [3.8, 4) is 5.75 Å². The van der Waals surface area contributed by atoms with Crippen LogP contribution in [0.1, 0.15) is 0 Å². The summed E-state index contributed by atoms with van der Waals surface area (Å²) < 4.78 is 52.3. The van der Waals surface area contributed by atoms with Crippen molar-refractivity contribution in [2.45, 2.75) is 4.90 Å². The third-order valence-corrected chi connectivity index (χ3v) is 5.08. The number of nitrogens with zero attached hydrogens (tertiary/aromatic N) is 2. The number of rotatable bonds is 6. The summed E-state index contributed by atoms with van der Waals surface area (Å²) in [6.07, 6.45) is 1.20. The topological polar surface area (TPSA) is 116 Å². The molecule has 8 nitrogen and oxygen atoms in total. The highest BCUT2D eigenvalue weighted by Crippen LogP contribution is 2.29. The van der Waals surface area contributed by atoms with E-state index in [1.807, 2.05) is 0 Å². The Morgan fingerprint density at radius 2 is 1.64 bits per heavy atom. The van der Waals surface area contributed by atoms with E-state index in [-0.39, 0.29) is 33.7 Å². The van der Waals surface area contributed by atoms with Gasteiger partial charge in [-0.25, -0.2) is 31.9 Å². The molecule has 2 aromatic carbocycles. The first-order valence-corrected chi connectivity index (χ1v) is 9.34. The Labute approximate surface area is 159 Å². The number of aromatic nitrogens is 2. The maximum atomic E-state index is 13.3. The van der Waals surface area contributed by atoms with Gasteiger partial charge in [-0.15, -0.1) is 0 Å². The second-order valence-corrected chi connectivity index (χ2v) is 7.44. The summed E-state index contributed by atoms with van der Waals surface area (Å²) in [6, 6.07) is 8.46. The van der Waals surface area contributed by atoms with Gasteiger partial charge in [0, 0.05) is 17.8 Å². The van der Waals surface area contributed by atoms with E-state index in [1.54, 1.807) is 0 Å². The summed E-state index contributed by atoms with van der Waals surface area (Å²) in [5.74, 6) is -1.67. The van der Waals surface area contributed by atoms with Gasteiger partial charge in [0.05, 0.1) is 10.6 Å². The molecule has 3 rings (SSSR count). The molecule has 0 spiro atoms. The van der Waals surface area contributed by atoms with Gasteiger partial charge in [-0.05, 0) is 37.4 Å². The lowest BCUT2D eigenvalue weighted by atomic mass is 10.3. The van der Waals surface area contributed by atoms with Gasteiger partial charge in [-0.2, -0.15) is 0 Å². The van der Waals surface area contributed by atoms with E-state index in [2.05, 4.69) is 25.3 Å². The predicted molar refractivity (Wildman–Crippen MR) is 99.3 cm³/mol. The fourth-order valence-electron chi connectivity index (χ4n) is 2.25. The van der Waals surface area contributed by atoms with Crippen LogP contribution in [0.4, 0.5) is 31.8 Å². The molecule has 0 saturated carbocycles. The van der Waals surface area contributed by atoms with Crippen molar-refractivity contribution in [1.29, 1.82) is 0 Å². The molecule has 146 valence electrons. The number of halogens is 2. The van der Waals surface area contributed by atoms with Gasteiger partial charge < -0.3 is 15.7 Å². The molecular formula is C17H15F2N5O3S. The number of hydrogen-bond donors (Lipinski definition) is 4. The average Bonchev–Trinajstić information content (AvgIpc) is 2.67. The minimum absolute atomic E-state index is 0.0514. The lowest BCUT2D eigenvalue weighted by Gasteiger charge is -2.11. The van der Waals surface area contributed by atoms with Crippen molar-refractivity contribution in [2.24, 2.45) is 0 Å². The van der Waals surface area contributed by atoms with Crippen molar-refractivity contribution in [3.05, 3.63) is 60.4 Å². The Bertz CT molecular complexity index is 1130. The normalized spacial score (nSPS) is 11.2. The Morgan fingerprint density at radius 3 is 2.32 bits per heavy atom. The molecule has 0 amide bonds. The fraction of sp³-hybridized carbons (Fsp3) is 0.0588. The number of benzene rings is 2. The van der Waals surface area contributed by atoms with E-state index >= 15 is 0 Å². The Balaban J connectivity index is 1.85. The van der Waals surface area contributed by atoms with Gasteiger partial charge in [0.2, 0.25) is 10.0 Å². The van der Waals surface area contributed by atoms with Crippen LogP contribution in [0.5, 0.6) is 5.75 Å². The van der Waals surface area contributed by atoms with Gasteiger partial charge in [0.25, 0.3) is 0 Å². The molecule has 3 aromatic rings. The van der Waals surface area contributed by atoms with Crippen LogP contribution >= 0.6 is 0 Å². The molecule has 0 saturated heterocycles. The van der Waals surface area contributed by atoms with E-state index in [0.717, 1.165) is 12.1 Å². The quantitative estimate of drug-likeness (QED) is 0.464. The van der Waals surface area contributed by atoms with Gasteiger partial charge in [-0.3, -0.25) is 0 Å². The number of sulfonamides is 1. The van der Waals surface area contributed by atoms with Crippen molar-refractivity contribution < 1.29 is 22.3 Å². The molecule has 11 heteroatoms. The summed E-state index contributed by atoms with van der Waals surface area (Å²) in [6.45, 7) is 0. The highest BCUT2D eigenvalue weighted by Gasteiger charge is 2.14. The first-order chi connectivity index (χ1) is 13.3. The number of phenolic OH excluding ortho intramolecular Hbond substituents is 1. The zero-order chi connectivity index (χ0) is 20.3. The van der Waals surface area contributed by atoms with Crippen molar-refractivity contribution in [3.63, 3.8) is 0 Å². The molecule has 0 radical (unpaired) electrons. The third kappa shape index (κ3) is 4.32. The lowest BCUT2D eigenvalue weighted by Crippen LogP contribution is -2.18. The molecule has 0 aliphatic heterocycles. The first kappa shape index (κ1) is 19.5. The Kier molecular flexibility index (Phi) is 5.38. The lowest BCUT2D eigenvalue weighted by molar-refractivity contribution is 0.477. The SMILES string of the molecule is CNS(=O)(=O)c1ccc(O)c(Nc2cc(Nc3ccc(F)c(F)c3)ncn2)c1. The van der Waals surface area contributed by atoms with Crippen molar-refractivity contribution in [1.82, 2.24) is 14.7 Å². The van der Waals surface area contributed by atoms with Gasteiger partial charge >= 0.3 is 0 Å². The van der Waals surface area contributed by atoms with E-state index in [9.17, 15) is 22.3 Å². The van der Waals surface area contributed by atoms with Crippen LogP contribution in [0.3, 0.4) is 0 Å². The molecule has 0 fully saturated rings. The van der Waals surface area contributed by atoms with Crippen LogP contribution in [0.25, 0.3) is 0 Å². The Hall–Kier alpha value is -3.31. The maximum Gasteiger partial charge on any atom is 0.240 e. The molecule has 0 aliphatic rings. The number of phenols is 1. The number of nitrogens with one attached hydrogen (secondary N) is 3. The van der Waals surface area contributed by atoms with Gasteiger partial charge in [-0.1, -0.05) is 0 Å². The van der Waals surface area contributed by atoms with Crippen LogP contribution in [0.15, 0.2) is 53.7 Å². The largest absolute Gasteiger partial charge is 0.506 e. The van der Waals surface area contributed by atoms with Crippen LogP contribution in [-0.4, -0.2) is 30.5 Å². The second kappa shape index (κ2) is 7.74. The van der Waals surface area contributed by atoms with Crippen LogP contribution < -0.4 is 15.4 Å². The number of anilines is 4. The fourth-order valence-corrected chi connectivity index (χ4v) is 3.01. The monoisotopic (exact) mass is 407 g/mol. The average molecular weight is 407 g/mol. The van der Waals surface area contributed by atoms with E-state index in [0.29, 0.717) is 0 Å². The molecule has 1 heterocycles. The van der Waals surface area contributed by atoms with Crippen LogP contribution in [0, 0.1) is 11.6 Å². The van der Waals surface area contributed by atoms with Crippen LogP contribution in [0.2, 0.25) is 0 Å². The second-order valence-electron chi connectivity index (χ2n) is 5.55. The molecule has 0 atom stereocenters. The highest BCUT2D eigenvalue weighted by molar-refractivity contribution is 7.89. The van der Waals surface area contributed by atoms with E-state index in [4.69, 9.17) is 0 Å². The highest BCUT2D eigenvalue weighted by atomic mass is 32.2. The van der Waals surface area contributed by atoms with Crippen LogP contribution in [-0.2, 0) is 10.0 Å². The molecule has 0 bridgehead atoms. The van der Waals surface area contributed by atoms with E-state index in [1.165, 1.54) is 43.7 Å². The first-order valence-electron chi connectivity index (χ1n) is 7.86. The van der Waals surface area contributed by atoms with Gasteiger partial charge in [0.1, 0.15) is 23.7 Å². The van der Waals surface area contributed by atoms with Crippen molar-refractivity contribution >= 4 is 33.0 Å². The number of aromatic hydroxyl groups is 1. The zero-order valence-corrected chi connectivity index (χ0v) is 15.3. The minimum atomic E-state index is -3.70. The zero-order valence-electron chi connectivity index (χ0n) is 14.4. The smallest absolute Gasteiger partial charge is 0.240 e. The molecule has 1 aromatic heterocycles. The third-order valence-electron chi connectivity index (χ3n) is 3.67. The number of hydrogen-bond acceptors (Lipinski definition) is 7. The molecule has 4 N–H and O–H groups in total. The molecule has 0 aliphatic carbocycles. The Morgan fingerprint density at radius 1 is 0.929 bits per heavy atom. The molecule has 0 unspecified atom stereocenters. The molecule has 28 heavy (non-hydrogen) atoms. The minimum Gasteiger partial charge on any atom is -0.506 e. The summed E-state index contributed by atoms with van der Waals surface area (Å²) in [5, 5.41) is 15.6. The van der Waals surface area contributed by atoms with E-state index < -0.39 is 21.7 Å². The standard InChI is InChI=1S/C17H15F2N5O3S/c1-20-28(26,27)11-3-5-15(25)14(7-11)24-17-8-16(21-9-22-17)23-10-2-4-12(18)13(19)6-10/h2-9,20,25H,1H3,(H2,21,22,23,24). The van der Waals surface area contributed by atoms with Crippen molar-refractivity contribution in [2.75, 3.05) is 17.7 Å². The molecular weight excluding hydrogens is 392 g/mol. The summed E-state index contributed by atoms with van der Waals surface area (Å²) in [4.78, 5) is 7.91. The summed E-state index contributed by atoms with van der Waals surface area (Å²) >= 11 is 0. The van der Waals surface area contributed by atoms with Gasteiger partial charge in [0.15, 0.2) is 11.6 Å². The predicted octanol–water partition coefficient (Wildman–Crippen LogP) is 2.86.